The lowest BCUT2D eigenvalue weighted by molar-refractivity contribution is -0.167. The van der Waals surface area contributed by atoms with E-state index < -0.39 is 11.9 Å². The molecule has 0 aromatic carbocycles. The summed E-state index contributed by atoms with van der Waals surface area (Å²) in [6.45, 7) is 12.7. The number of carbonyl (C=O) groups excluding carboxylic acids is 2. The van der Waals surface area contributed by atoms with E-state index in [0.717, 1.165) is 0 Å². The minimum atomic E-state index is -0.920. The molecule has 0 heterocycles. The lowest BCUT2D eigenvalue weighted by Crippen LogP contribution is -2.21. The van der Waals surface area contributed by atoms with Gasteiger partial charge in [-0.15, -0.1) is 0 Å². The van der Waals surface area contributed by atoms with Crippen LogP contribution in [-0.4, -0.2) is 25.2 Å². The normalized spacial score (nSPS) is 13.9. The molecule has 0 N–H and O–H groups in total. The fourth-order valence-corrected chi connectivity index (χ4v) is 1.35. The Morgan fingerprint density at radius 3 is 2.16 bits per heavy atom. The third-order valence-corrected chi connectivity index (χ3v) is 2.97. The van der Waals surface area contributed by atoms with Crippen molar-refractivity contribution in [3.63, 3.8) is 0 Å². The number of hydrogen-bond acceptors (Lipinski definition) is 4. The molecule has 0 radical (unpaired) electrons. The fourth-order valence-electron chi connectivity index (χ4n) is 1.35. The maximum atomic E-state index is 11.2. The Labute approximate surface area is 116 Å². The van der Waals surface area contributed by atoms with E-state index in [0.29, 0.717) is 12.3 Å². The zero-order valence-electron chi connectivity index (χ0n) is 12.9. The van der Waals surface area contributed by atoms with Crippen LogP contribution in [-0.2, 0) is 19.1 Å². The van der Waals surface area contributed by atoms with Crippen molar-refractivity contribution >= 4 is 11.9 Å². The van der Waals surface area contributed by atoms with Gasteiger partial charge in [0.25, 0.3) is 0 Å². The fraction of sp³-hybridized carbons (Fsp3) is 0.733. The molecule has 0 aliphatic carbocycles. The smallest absolute Gasteiger partial charge is 0.417 e. The van der Waals surface area contributed by atoms with Crippen LogP contribution in [0.4, 0.5) is 0 Å². The molecule has 0 saturated heterocycles. The summed E-state index contributed by atoms with van der Waals surface area (Å²) in [4.78, 5) is 22.2. The maximum Gasteiger partial charge on any atom is 0.417 e. The Morgan fingerprint density at radius 1 is 1.16 bits per heavy atom. The number of hydrogen-bond donors (Lipinski definition) is 0. The van der Waals surface area contributed by atoms with Gasteiger partial charge in [0.15, 0.2) is 0 Å². The number of rotatable bonds is 5. The molecule has 19 heavy (non-hydrogen) atoms. The first-order valence-corrected chi connectivity index (χ1v) is 6.71. The molecule has 0 aromatic rings. The van der Waals surface area contributed by atoms with E-state index in [1.54, 1.807) is 6.92 Å². The zero-order valence-corrected chi connectivity index (χ0v) is 12.9. The van der Waals surface area contributed by atoms with E-state index in [-0.39, 0.29) is 18.6 Å². The van der Waals surface area contributed by atoms with Crippen molar-refractivity contribution in [3.8, 4) is 0 Å². The van der Waals surface area contributed by atoms with Gasteiger partial charge in [-0.05, 0) is 31.6 Å². The van der Waals surface area contributed by atoms with Crippen LogP contribution < -0.4 is 0 Å². The molecule has 0 fully saturated rings. The summed E-state index contributed by atoms with van der Waals surface area (Å²) in [5, 5.41) is 0. The van der Waals surface area contributed by atoms with Crippen LogP contribution in [0.2, 0.25) is 0 Å². The van der Waals surface area contributed by atoms with Crippen LogP contribution in [0.15, 0.2) is 11.6 Å². The second-order valence-electron chi connectivity index (χ2n) is 5.72. The lowest BCUT2D eigenvalue weighted by atomic mass is 9.85. The van der Waals surface area contributed by atoms with Crippen LogP contribution >= 0.6 is 0 Å². The van der Waals surface area contributed by atoms with Crippen molar-refractivity contribution in [2.24, 2.45) is 11.3 Å². The molecular weight excluding hydrogens is 244 g/mol. The van der Waals surface area contributed by atoms with Gasteiger partial charge in [0.05, 0.1) is 13.2 Å². The number of ether oxygens (including phenoxy) is 2. The third-order valence-electron chi connectivity index (χ3n) is 2.97. The van der Waals surface area contributed by atoms with E-state index in [4.69, 9.17) is 4.74 Å². The summed E-state index contributed by atoms with van der Waals surface area (Å²) in [5.41, 5.74) is 1.45. The Hall–Kier alpha value is -1.32. The Kier molecular flexibility index (Phi) is 7.42. The largest absolute Gasteiger partial charge is 0.458 e. The van der Waals surface area contributed by atoms with Crippen molar-refractivity contribution < 1.29 is 19.1 Å². The predicted molar refractivity (Wildman–Crippen MR) is 74.6 cm³/mol. The monoisotopic (exact) mass is 270 g/mol. The van der Waals surface area contributed by atoms with E-state index >= 15 is 0 Å². The van der Waals surface area contributed by atoms with E-state index in [2.05, 4.69) is 45.4 Å². The van der Waals surface area contributed by atoms with Crippen molar-refractivity contribution in [1.82, 2.24) is 0 Å². The van der Waals surface area contributed by atoms with Gasteiger partial charge >= 0.3 is 11.9 Å². The molecule has 0 amide bonds. The SMILES string of the molecule is CCOC(=O)C(=O)OCCC(C)C=C(C)C(C)(C)C. The van der Waals surface area contributed by atoms with Crippen LogP contribution in [0.3, 0.4) is 0 Å². The van der Waals surface area contributed by atoms with Crippen LogP contribution in [0.25, 0.3) is 0 Å². The van der Waals surface area contributed by atoms with Gasteiger partial charge in [0, 0.05) is 0 Å². The van der Waals surface area contributed by atoms with E-state index in [1.807, 2.05) is 0 Å². The Bertz CT molecular complexity index is 337. The summed E-state index contributed by atoms with van der Waals surface area (Å²) in [7, 11) is 0. The van der Waals surface area contributed by atoms with Gasteiger partial charge in [0.2, 0.25) is 0 Å². The quantitative estimate of drug-likeness (QED) is 0.437. The Morgan fingerprint density at radius 2 is 1.68 bits per heavy atom. The molecule has 0 saturated carbocycles. The number of esters is 2. The summed E-state index contributed by atoms with van der Waals surface area (Å²) in [6, 6.07) is 0. The predicted octanol–water partition coefficient (Wildman–Crippen LogP) is 3.11. The first kappa shape index (κ1) is 17.7. The molecular formula is C15H26O4. The highest BCUT2D eigenvalue weighted by Crippen LogP contribution is 2.26. The average molecular weight is 270 g/mol. The summed E-state index contributed by atoms with van der Waals surface area (Å²) in [5.74, 6) is -1.53. The Balaban J connectivity index is 4.09. The highest BCUT2D eigenvalue weighted by molar-refractivity contribution is 6.29. The summed E-state index contributed by atoms with van der Waals surface area (Å²) < 4.78 is 9.40. The molecule has 0 bridgehead atoms. The molecule has 110 valence electrons. The molecule has 0 aromatic heterocycles. The van der Waals surface area contributed by atoms with E-state index in [1.165, 1.54) is 5.57 Å². The van der Waals surface area contributed by atoms with Gasteiger partial charge < -0.3 is 9.47 Å². The highest BCUT2D eigenvalue weighted by atomic mass is 16.6. The van der Waals surface area contributed by atoms with Crippen molar-refractivity contribution in [2.45, 2.75) is 48.0 Å². The molecule has 0 rings (SSSR count). The summed E-state index contributed by atoms with van der Waals surface area (Å²) >= 11 is 0. The van der Waals surface area contributed by atoms with Gasteiger partial charge in [-0.25, -0.2) is 9.59 Å². The van der Waals surface area contributed by atoms with Gasteiger partial charge in [-0.3, -0.25) is 0 Å². The molecule has 4 heteroatoms. The number of carbonyl (C=O) groups is 2. The standard InChI is InChI=1S/C15H26O4/c1-7-18-13(16)14(17)19-9-8-11(2)10-12(3)15(4,5)6/h10-11H,7-9H2,1-6H3. The average Bonchev–Trinajstić information content (AvgIpc) is 2.27. The minimum Gasteiger partial charge on any atom is -0.458 e. The maximum absolute atomic E-state index is 11.2. The zero-order chi connectivity index (χ0) is 15.1. The van der Waals surface area contributed by atoms with E-state index in [9.17, 15) is 9.59 Å². The molecule has 1 atom stereocenters. The topological polar surface area (TPSA) is 52.6 Å². The molecule has 1 unspecified atom stereocenters. The van der Waals surface area contributed by atoms with Gasteiger partial charge in [0.1, 0.15) is 0 Å². The third kappa shape index (κ3) is 7.65. The van der Waals surface area contributed by atoms with Gasteiger partial charge in [-0.1, -0.05) is 39.3 Å². The first-order chi connectivity index (χ1) is 8.68. The minimum absolute atomic E-state index is 0.149. The van der Waals surface area contributed by atoms with Crippen LogP contribution in [0.5, 0.6) is 0 Å². The molecule has 0 spiro atoms. The second-order valence-corrected chi connectivity index (χ2v) is 5.72. The van der Waals surface area contributed by atoms with Crippen molar-refractivity contribution in [2.75, 3.05) is 13.2 Å². The van der Waals surface area contributed by atoms with Crippen LogP contribution in [0.1, 0.15) is 48.0 Å². The molecule has 0 aliphatic rings. The second kappa shape index (κ2) is 7.97. The number of allylic oxidation sites excluding steroid dienone is 2. The van der Waals surface area contributed by atoms with Crippen molar-refractivity contribution in [1.29, 1.82) is 0 Å². The molecule has 4 nitrogen and oxygen atoms in total. The molecule has 0 aliphatic heterocycles. The lowest BCUT2D eigenvalue weighted by Gasteiger charge is -2.21. The summed E-state index contributed by atoms with van der Waals surface area (Å²) in [6.07, 6.45) is 2.87. The van der Waals surface area contributed by atoms with Gasteiger partial charge in [-0.2, -0.15) is 0 Å². The highest BCUT2D eigenvalue weighted by Gasteiger charge is 2.17. The first-order valence-electron chi connectivity index (χ1n) is 6.71. The van der Waals surface area contributed by atoms with Crippen molar-refractivity contribution in [3.05, 3.63) is 11.6 Å². The van der Waals surface area contributed by atoms with Crippen LogP contribution in [0, 0.1) is 11.3 Å².